The van der Waals surface area contributed by atoms with Crippen molar-refractivity contribution in [2.24, 2.45) is 0 Å². The van der Waals surface area contributed by atoms with Gasteiger partial charge in [-0.3, -0.25) is 10.5 Å². The third-order valence-electron chi connectivity index (χ3n) is 2.37. The van der Waals surface area contributed by atoms with Crippen LogP contribution in [0.2, 0.25) is 6.82 Å². The van der Waals surface area contributed by atoms with Crippen LogP contribution in [0.5, 0.6) is 0 Å². The first kappa shape index (κ1) is 50.5. The van der Waals surface area contributed by atoms with Crippen molar-refractivity contribution >= 4 is 7.12 Å². The standard InChI is InChI=1S/C7H15BO2.C2H6.CH4O.3Ar.H2O2.2U/c1-6(2)7(3,4)10-8(5)9-6;2*1-2;;;;1-2;;/h1-5H3;1-2H3;2H,1H3;;;;1-2H;;. The van der Waals surface area contributed by atoms with E-state index in [0.29, 0.717) is 0 Å². The first-order valence-electron chi connectivity index (χ1n) is 5.35. The maximum Gasteiger partial charge on any atom is 0.454 e. The molecule has 1 aliphatic rings. The predicted molar refractivity (Wildman–Crippen MR) is 66.7 cm³/mol. The van der Waals surface area contributed by atoms with Gasteiger partial charge < -0.3 is 14.4 Å². The van der Waals surface area contributed by atoms with Gasteiger partial charge in [-0.15, -0.1) is 0 Å². The molecule has 132 valence electrons. The second-order valence-electron chi connectivity index (χ2n) is 3.82. The molecule has 1 aliphatic heterocycles. The summed E-state index contributed by atoms with van der Waals surface area (Å²) in [6, 6.07) is 0. The fourth-order valence-corrected chi connectivity index (χ4v) is 1.14. The molecule has 0 unspecified atom stereocenters. The van der Waals surface area contributed by atoms with Crippen LogP contribution in [-0.2, 0) is 9.31 Å². The molecule has 0 saturated carbocycles. The quantitative estimate of drug-likeness (QED) is 0.199. The Morgan fingerprint density at radius 2 is 0.857 bits per heavy atom. The Bertz CT molecular complexity index is 156. The average molecular weight is 834 g/mol. The Balaban J connectivity index is -0.0000000231. The molecular formula is C10H27Ar3BO5U2. The van der Waals surface area contributed by atoms with Gasteiger partial charge in [0.15, 0.2) is 0 Å². The summed E-state index contributed by atoms with van der Waals surface area (Å²) in [5, 5.41) is 19.0. The Morgan fingerprint density at radius 3 is 0.905 bits per heavy atom. The molecule has 5 nitrogen and oxygen atoms in total. The van der Waals surface area contributed by atoms with Gasteiger partial charge in [-0.05, 0) is 34.5 Å². The first-order chi connectivity index (χ1) is 7.35. The molecule has 1 heterocycles. The molecule has 1 saturated heterocycles. The zero-order valence-electron chi connectivity index (χ0n) is 13.8. The van der Waals surface area contributed by atoms with Crippen molar-refractivity contribution in [2.45, 2.75) is 59.6 Å². The van der Waals surface area contributed by atoms with Crippen molar-refractivity contribution in [3.8, 4) is 0 Å². The maximum atomic E-state index is 7.00. The van der Waals surface area contributed by atoms with E-state index < -0.39 is 0 Å². The second kappa shape index (κ2) is 30.5. The summed E-state index contributed by atoms with van der Waals surface area (Å²) in [5.41, 5.74) is -0.321. The van der Waals surface area contributed by atoms with Crippen molar-refractivity contribution in [3.05, 3.63) is 0 Å². The summed E-state index contributed by atoms with van der Waals surface area (Å²) in [5.74, 6) is 0. The normalized spacial score (nSPS) is 14.7. The Morgan fingerprint density at radius 1 is 0.714 bits per heavy atom. The molecule has 0 atom stereocenters. The van der Waals surface area contributed by atoms with Crippen LogP contribution >= 0.6 is 0 Å². The SMILES string of the molecule is CB1OC(C)(C)C(C)(C)O1.CC.CO.OO.[Ar].[Ar].[Ar].[U].[U]. The van der Waals surface area contributed by atoms with Crippen molar-refractivity contribution in [1.29, 1.82) is 0 Å². The molecule has 0 radical (unpaired) electrons. The van der Waals surface area contributed by atoms with Crippen LogP contribution in [0.1, 0.15) is 41.5 Å². The van der Waals surface area contributed by atoms with E-state index in [-0.39, 0.29) is 194 Å². The molecule has 3 N–H and O–H groups in total. The summed E-state index contributed by atoms with van der Waals surface area (Å²) >= 11 is 0. The number of rotatable bonds is 0. The molecule has 0 bridgehead atoms. The van der Waals surface area contributed by atoms with Crippen LogP contribution < -0.4 is 0 Å². The van der Waals surface area contributed by atoms with E-state index in [1.165, 1.54) is 0 Å². The van der Waals surface area contributed by atoms with Gasteiger partial charge in [0.1, 0.15) is 0 Å². The summed E-state index contributed by atoms with van der Waals surface area (Å²) in [6.45, 7) is 14.1. The van der Waals surface area contributed by atoms with Crippen molar-refractivity contribution in [1.82, 2.24) is 0 Å². The van der Waals surface area contributed by atoms with Crippen molar-refractivity contribution < 1.29 is 200 Å². The molecule has 0 aliphatic carbocycles. The van der Waals surface area contributed by atoms with E-state index >= 15 is 0 Å². The molecular weight excluding hydrogens is 807 g/mol. The van der Waals surface area contributed by atoms with E-state index in [4.69, 9.17) is 24.9 Å². The van der Waals surface area contributed by atoms with E-state index in [2.05, 4.69) is 27.7 Å². The molecule has 0 spiro atoms. The molecule has 11 heteroatoms. The minimum atomic E-state index is -0.160. The molecule has 21 heavy (non-hydrogen) atoms. The van der Waals surface area contributed by atoms with Crippen LogP contribution in [0.4, 0.5) is 0 Å². The van der Waals surface area contributed by atoms with Crippen LogP contribution in [0.3, 0.4) is 0 Å². The topological polar surface area (TPSA) is 79.2 Å². The molecule has 1 rings (SSSR count). The summed E-state index contributed by atoms with van der Waals surface area (Å²) in [4.78, 5) is 0. The van der Waals surface area contributed by atoms with E-state index in [9.17, 15) is 0 Å². The largest absolute Gasteiger partial charge is 0.454 e. The van der Waals surface area contributed by atoms with Crippen LogP contribution in [0.15, 0.2) is 0 Å². The summed E-state index contributed by atoms with van der Waals surface area (Å²) < 4.78 is 11.1. The number of aliphatic hydroxyl groups excluding tert-OH is 1. The van der Waals surface area contributed by atoms with Gasteiger partial charge in [0.25, 0.3) is 0 Å². The Kier molecular flexibility index (Phi) is 73.2. The molecule has 0 aromatic heterocycles. The Hall–Kier alpha value is 5.75. The fraction of sp³-hybridized carbons (Fsp3) is 1.00. The monoisotopic (exact) mass is 834 g/mol. The van der Waals surface area contributed by atoms with Crippen molar-refractivity contribution in [3.63, 3.8) is 0 Å². The molecule has 0 aromatic carbocycles. The van der Waals surface area contributed by atoms with Gasteiger partial charge in [0.2, 0.25) is 0 Å². The van der Waals surface area contributed by atoms with Crippen LogP contribution in [0, 0.1) is 175 Å². The Labute approximate surface area is 268 Å². The number of aliphatic hydroxyl groups is 1. The van der Waals surface area contributed by atoms with Gasteiger partial charge in [0, 0.05) is 183 Å². The third kappa shape index (κ3) is 23.7. The van der Waals surface area contributed by atoms with E-state index in [1.807, 2.05) is 20.7 Å². The minimum Gasteiger partial charge on any atom is -0.403 e. The van der Waals surface area contributed by atoms with Crippen LogP contribution in [0.25, 0.3) is 0 Å². The number of hydrogen-bond acceptors (Lipinski definition) is 5. The number of hydrogen-bond donors (Lipinski definition) is 3. The zero-order valence-corrected chi connectivity index (χ0v) is 24.2. The van der Waals surface area contributed by atoms with Gasteiger partial charge in [-0.2, -0.15) is 0 Å². The van der Waals surface area contributed by atoms with Gasteiger partial charge in [-0.25, -0.2) is 0 Å². The van der Waals surface area contributed by atoms with Gasteiger partial charge in [0.05, 0.1) is 11.2 Å². The average Bonchev–Trinajstić information content (AvgIpc) is 2.42. The summed E-state index contributed by atoms with van der Waals surface area (Å²) in [7, 11) is 0.935. The fourth-order valence-electron chi connectivity index (χ4n) is 1.14. The molecule has 0 amide bonds. The molecule has 0 aromatic rings. The van der Waals surface area contributed by atoms with Crippen molar-refractivity contribution in [2.75, 3.05) is 7.11 Å². The predicted octanol–water partition coefficient (Wildman–Crippen LogP) is 2.36. The van der Waals surface area contributed by atoms with Crippen LogP contribution in [-0.4, -0.2) is 41.1 Å². The maximum absolute atomic E-state index is 7.00. The zero-order chi connectivity index (χ0) is 14.0. The summed E-state index contributed by atoms with van der Waals surface area (Å²) in [6.07, 6.45) is 0. The van der Waals surface area contributed by atoms with Gasteiger partial charge >= 0.3 is 7.12 Å². The minimum absolute atomic E-state index is 0. The van der Waals surface area contributed by atoms with E-state index in [1.54, 1.807) is 0 Å². The second-order valence-corrected chi connectivity index (χ2v) is 3.82. The van der Waals surface area contributed by atoms with Gasteiger partial charge in [-0.1, -0.05) is 13.8 Å². The first-order valence-corrected chi connectivity index (χ1v) is 5.35. The van der Waals surface area contributed by atoms with E-state index in [0.717, 1.165) is 7.11 Å². The third-order valence-corrected chi connectivity index (χ3v) is 2.37. The smallest absolute Gasteiger partial charge is 0.403 e. The molecule has 1 fully saturated rings.